The molecule has 3 rings (SSSR count). The molecule has 24 heavy (non-hydrogen) atoms. The molecular weight excluding hydrogens is 304 g/mol. The highest BCUT2D eigenvalue weighted by atomic mass is 16.5. The van der Waals surface area contributed by atoms with E-state index in [0.29, 0.717) is 11.7 Å². The first-order chi connectivity index (χ1) is 11.6. The van der Waals surface area contributed by atoms with Crippen LogP contribution in [0.25, 0.3) is 0 Å². The van der Waals surface area contributed by atoms with Gasteiger partial charge in [-0.15, -0.1) is 0 Å². The maximum Gasteiger partial charge on any atom is 0.255 e. The summed E-state index contributed by atoms with van der Waals surface area (Å²) in [6.45, 7) is 4.92. The number of aromatic nitrogens is 2. The molecule has 1 aromatic heterocycles. The van der Waals surface area contributed by atoms with Gasteiger partial charge in [0.1, 0.15) is 5.75 Å². The van der Waals surface area contributed by atoms with Crippen molar-refractivity contribution < 1.29 is 9.53 Å². The van der Waals surface area contributed by atoms with Crippen molar-refractivity contribution >= 4 is 5.91 Å². The lowest BCUT2D eigenvalue weighted by molar-refractivity contribution is -0.119. The van der Waals surface area contributed by atoms with Crippen LogP contribution in [-0.2, 0) is 11.3 Å². The minimum Gasteiger partial charge on any atom is -0.484 e. The molecule has 2 heterocycles. The third-order valence-electron chi connectivity index (χ3n) is 4.34. The van der Waals surface area contributed by atoms with Crippen molar-refractivity contribution in [1.82, 2.24) is 15.1 Å². The summed E-state index contributed by atoms with van der Waals surface area (Å²) in [6.07, 6.45) is 2.36. The lowest BCUT2D eigenvalue weighted by atomic mass is 9.94. The molecule has 1 saturated heterocycles. The normalized spacial score (nSPS) is 18.5. The van der Waals surface area contributed by atoms with Gasteiger partial charge in [0.25, 0.3) is 5.91 Å². The van der Waals surface area contributed by atoms with Crippen LogP contribution in [0.15, 0.2) is 30.3 Å². The minimum atomic E-state index is -0.464. The minimum absolute atomic E-state index is 0.0895. The van der Waals surface area contributed by atoms with E-state index in [0.717, 1.165) is 31.0 Å². The Hall–Kier alpha value is -2.34. The van der Waals surface area contributed by atoms with Crippen LogP contribution in [0.5, 0.6) is 5.75 Å². The topological polar surface area (TPSA) is 84.2 Å². The number of hydrogen-bond donors (Lipinski definition) is 2. The number of carbonyl (C=O) groups excluding carboxylic acids is 1. The average Bonchev–Trinajstić information content (AvgIpc) is 3.00. The maximum atomic E-state index is 10.8. The van der Waals surface area contributed by atoms with E-state index in [-0.39, 0.29) is 6.61 Å². The number of ether oxygens (including phenoxy) is 1. The highest BCUT2D eigenvalue weighted by Crippen LogP contribution is 2.27. The van der Waals surface area contributed by atoms with Crippen LogP contribution in [0.1, 0.15) is 35.7 Å². The van der Waals surface area contributed by atoms with Gasteiger partial charge in [0.2, 0.25) is 0 Å². The zero-order valence-electron chi connectivity index (χ0n) is 14.0. The van der Waals surface area contributed by atoms with Gasteiger partial charge in [-0.2, -0.15) is 5.10 Å². The van der Waals surface area contributed by atoms with E-state index in [2.05, 4.69) is 27.2 Å². The molecule has 0 aliphatic carbocycles. The third-order valence-corrected chi connectivity index (χ3v) is 4.34. The van der Waals surface area contributed by atoms with Gasteiger partial charge in [0, 0.05) is 24.7 Å². The average molecular weight is 328 g/mol. The number of piperidine rings is 1. The van der Waals surface area contributed by atoms with E-state index in [1.54, 1.807) is 0 Å². The largest absolute Gasteiger partial charge is 0.484 e. The van der Waals surface area contributed by atoms with Crippen LogP contribution in [0.3, 0.4) is 0 Å². The van der Waals surface area contributed by atoms with Gasteiger partial charge >= 0.3 is 0 Å². The summed E-state index contributed by atoms with van der Waals surface area (Å²) in [4.78, 5) is 13.3. The molecule has 128 valence electrons. The summed E-state index contributed by atoms with van der Waals surface area (Å²) in [5, 5.41) is 7.46. The van der Waals surface area contributed by atoms with E-state index < -0.39 is 5.91 Å². The molecule has 1 aliphatic rings. The highest BCUT2D eigenvalue weighted by Gasteiger charge is 2.23. The molecule has 1 atom stereocenters. The number of nitrogens with zero attached hydrogens (tertiary/aromatic N) is 2. The van der Waals surface area contributed by atoms with Crippen LogP contribution in [-0.4, -0.2) is 40.7 Å². The van der Waals surface area contributed by atoms with Crippen LogP contribution < -0.4 is 10.5 Å². The van der Waals surface area contributed by atoms with Gasteiger partial charge in [-0.1, -0.05) is 12.1 Å². The molecule has 1 unspecified atom stereocenters. The number of hydrogen-bond acceptors (Lipinski definition) is 4. The summed E-state index contributed by atoms with van der Waals surface area (Å²) >= 11 is 0. The van der Waals surface area contributed by atoms with E-state index in [9.17, 15) is 4.79 Å². The zero-order chi connectivity index (χ0) is 16.9. The molecule has 0 spiro atoms. The van der Waals surface area contributed by atoms with E-state index in [1.807, 2.05) is 25.1 Å². The summed E-state index contributed by atoms with van der Waals surface area (Å²) in [7, 11) is 0. The molecule has 0 bridgehead atoms. The van der Waals surface area contributed by atoms with Crippen molar-refractivity contribution in [1.29, 1.82) is 0 Å². The van der Waals surface area contributed by atoms with Crippen molar-refractivity contribution in [3.63, 3.8) is 0 Å². The van der Waals surface area contributed by atoms with Gasteiger partial charge in [0.15, 0.2) is 6.61 Å². The Morgan fingerprint density at radius 1 is 1.46 bits per heavy atom. The third kappa shape index (κ3) is 4.35. The lowest BCUT2D eigenvalue weighted by Crippen LogP contribution is -2.34. The number of aromatic amines is 1. The monoisotopic (exact) mass is 328 g/mol. The summed E-state index contributed by atoms with van der Waals surface area (Å²) < 4.78 is 5.38. The fraction of sp³-hybridized carbons (Fsp3) is 0.444. The van der Waals surface area contributed by atoms with Crippen LogP contribution in [0.4, 0.5) is 0 Å². The predicted octanol–water partition coefficient (Wildman–Crippen LogP) is 1.96. The van der Waals surface area contributed by atoms with Gasteiger partial charge in [-0.05, 0) is 50.1 Å². The zero-order valence-corrected chi connectivity index (χ0v) is 14.0. The molecule has 0 radical (unpaired) electrons. The van der Waals surface area contributed by atoms with Gasteiger partial charge < -0.3 is 10.5 Å². The molecule has 2 aromatic rings. The number of H-pyrrole nitrogens is 1. The summed E-state index contributed by atoms with van der Waals surface area (Å²) in [6, 6.07) is 10.00. The second kappa shape index (κ2) is 7.49. The molecule has 0 saturated carbocycles. The van der Waals surface area contributed by atoms with Crippen molar-refractivity contribution in [3.8, 4) is 5.75 Å². The van der Waals surface area contributed by atoms with Crippen molar-refractivity contribution in [2.45, 2.75) is 32.2 Å². The first kappa shape index (κ1) is 16.5. The first-order valence-electron chi connectivity index (χ1n) is 8.34. The van der Waals surface area contributed by atoms with Gasteiger partial charge in [0.05, 0.1) is 5.69 Å². The number of nitrogens with one attached hydrogen (secondary N) is 1. The number of likely N-dealkylation sites (tertiary alicyclic amines) is 1. The molecule has 6 nitrogen and oxygen atoms in total. The maximum absolute atomic E-state index is 10.8. The molecule has 1 aromatic carbocycles. The lowest BCUT2D eigenvalue weighted by Gasteiger charge is -2.32. The van der Waals surface area contributed by atoms with Crippen molar-refractivity contribution in [2.24, 2.45) is 5.73 Å². The van der Waals surface area contributed by atoms with E-state index >= 15 is 0 Å². The SMILES string of the molecule is Cc1cc(C2CCCN(Cc3cccc(OCC(N)=O)c3)C2)n[nH]1. The second-order valence-corrected chi connectivity index (χ2v) is 6.45. The van der Waals surface area contributed by atoms with Crippen molar-refractivity contribution in [3.05, 3.63) is 47.3 Å². The predicted molar refractivity (Wildman–Crippen MR) is 91.7 cm³/mol. The Morgan fingerprint density at radius 3 is 3.08 bits per heavy atom. The standard InChI is InChI=1S/C18H24N4O2/c1-13-8-17(21-20-13)15-5-3-7-22(11-15)10-14-4-2-6-16(9-14)24-12-18(19)23/h2,4,6,8-9,15H,3,5,7,10-12H2,1H3,(H2,19,23)(H,20,21). The van der Waals surface area contributed by atoms with Crippen molar-refractivity contribution in [2.75, 3.05) is 19.7 Å². The number of rotatable bonds is 6. The Morgan fingerprint density at radius 2 is 2.33 bits per heavy atom. The number of carbonyl (C=O) groups is 1. The number of benzene rings is 1. The molecular formula is C18H24N4O2. The molecule has 1 fully saturated rings. The Labute approximate surface area is 142 Å². The second-order valence-electron chi connectivity index (χ2n) is 6.45. The van der Waals surface area contributed by atoms with Gasteiger partial charge in [-0.25, -0.2) is 0 Å². The van der Waals surface area contributed by atoms with Gasteiger partial charge in [-0.3, -0.25) is 14.8 Å². The number of nitrogens with two attached hydrogens (primary N) is 1. The highest BCUT2D eigenvalue weighted by molar-refractivity contribution is 5.75. The Bertz CT molecular complexity index is 698. The van der Waals surface area contributed by atoms with Crippen LogP contribution in [0.2, 0.25) is 0 Å². The van der Waals surface area contributed by atoms with Crippen LogP contribution in [0, 0.1) is 6.92 Å². The smallest absolute Gasteiger partial charge is 0.255 e. The quantitative estimate of drug-likeness (QED) is 0.849. The number of primary amides is 1. The van der Waals surface area contributed by atoms with E-state index in [1.165, 1.54) is 18.4 Å². The first-order valence-corrected chi connectivity index (χ1v) is 8.34. The Kier molecular flexibility index (Phi) is 5.15. The molecule has 3 N–H and O–H groups in total. The molecule has 1 amide bonds. The number of amides is 1. The fourth-order valence-electron chi connectivity index (χ4n) is 3.24. The molecule has 1 aliphatic heterocycles. The number of aryl methyl sites for hydroxylation is 1. The van der Waals surface area contributed by atoms with E-state index in [4.69, 9.17) is 10.5 Å². The Balaban J connectivity index is 1.61. The fourth-order valence-corrected chi connectivity index (χ4v) is 3.24. The summed E-state index contributed by atoms with van der Waals surface area (Å²) in [5.74, 6) is 0.703. The van der Waals surface area contributed by atoms with Crippen LogP contribution >= 0.6 is 0 Å². The summed E-state index contributed by atoms with van der Waals surface area (Å²) in [5.41, 5.74) is 8.57. The molecule has 6 heteroatoms.